The van der Waals surface area contributed by atoms with Gasteiger partial charge in [-0.1, -0.05) is 6.92 Å². The van der Waals surface area contributed by atoms with Gasteiger partial charge in [-0.15, -0.1) is 0 Å². The minimum Gasteiger partial charge on any atom is -0.469 e. The molecular weight excluding hydrogens is 284 g/mol. The second-order valence-corrected chi connectivity index (χ2v) is 5.96. The van der Waals surface area contributed by atoms with Gasteiger partial charge in [-0.3, -0.25) is 4.79 Å². The minimum absolute atomic E-state index is 0.0908. The van der Waals surface area contributed by atoms with Gasteiger partial charge in [0.15, 0.2) is 0 Å². The number of hydrogen-bond donors (Lipinski definition) is 1. The molecule has 1 saturated heterocycles. The number of methoxy groups -OCH3 is 1. The van der Waals surface area contributed by atoms with E-state index in [0.29, 0.717) is 19.5 Å². The Hall–Kier alpha value is -1.98. The number of urea groups is 1. The zero-order chi connectivity index (χ0) is 16.3. The fourth-order valence-corrected chi connectivity index (χ4v) is 2.87. The van der Waals surface area contributed by atoms with Gasteiger partial charge in [-0.05, 0) is 38.3 Å². The van der Waals surface area contributed by atoms with E-state index in [1.165, 1.54) is 7.11 Å². The third-order valence-corrected chi connectivity index (χ3v) is 4.22. The molecule has 2 heterocycles. The van der Waals surface area contributed by atoms with E-state index < -0.39 is 0 Å². The molecule has 0 saturated carbocycles. The summed E-state index contributed by atoms with van der Waals surface area (Å²) in [5.74, 6) is 1.34. The third kappa shape index (κ3) is 3.61. The van der Waals surface area contributed by atoms with Gasteiger partial charge >= 0.3 is 12.0 Å². The smallest absolute Gasteiger partial charge is 0.317 e. The van der Waals surface area contributed by atoms with E-state index in [1.54, 1.807) is 4.90 Å². The fraction of sp³-hybridized carbons (Fsp3) is 0.625. The maximum Gasteiger partial charge on any atom is 0.317 e. The van der Waals surface area contributed by atoms with Gasteiger partial charge in [0.1, 0.15) is 11.5 Å². The summed E-state index contributed by atoms with van der Waals surface area (Å²) in [5, 5.41) is 2.93. The highest BCUT2D eigenvalue weighted by Gasteiger charge is 2.34. The molecule has 1 aromatic rings. The Balaban J connectivity index is 1.90. The number of rotatable bonds is 3. The number of amides is 2. The van der Waals surface area contributed by atoms with Crippen molar-refractivity contribution in [1.29, 1.82) is 0 Å². The molecule has 1 aliphatic rings. The molecule has 122 valence electrons. The Kier molecular flexibility index (Phi) is 5.11. The summed E-state index contributed by atoms with van der Waals surface area (Å²) in [4.78, 5) is 25.7. The maximum atomic E-state index is 12.3. The summed E-state index contributed by atoms with van der Waals surface area (Å²) in [5.41, 5.74) is 0. The number of ether oxygens (including phenoxy) is 1. The average molecular weight is 308 g/mol. The zero-order valence-electron chi connectivity index (χ0n) is 13.6. The molecule has 1 aromatic heterocycles. The largest absolute Gasteiger partial charge is 0.469 e. The van der Waals surface area contributed by atoms with Crippen LogP contribution in [0.1, 0.15) is 37.8 Å². The van der Waals surface area contributed by atoms with E-state index in [9.17, 15) is 9.59 Å². The molecule has 0 aromatic carbocycles. The van der Waals surface area contributed by atoms with E-state index in [2.05, 4.69) is 5.32 Å². The van der Waals surface area contributed by atoms with Crippen LogP contribution in [0.15, 0.2) is 16.5 Å². The molecule has 0 aliphatic carbocycles. The van der Waals surface area contributed by atoms with E-state index in [-0.39, 0.29) is 29.9 Å². The lowest BCUT2D eigenvalue weighted by atomic mass is 9.87. The van der Waals surface area contributed by atoms with Crippen molar-refractivity contribution in [3.63, 3.8) is 0 Å². The van der Waals surface area contributed by atoms with Crippen molar-refractivity contribution in [1.82, 2.24) is 10.2 Å². The van der Waals surface area contributed by atoms with E-state index in [4.69, 9.17) is 9.15 Å². The van der Waals surface area contributed by atoms with Crippen molar-refractivity contribution in [2.75, 3.05) is 20.2 Å². The highest BCUT2D eigenvalue weighted by Crippen LogP contribution is 2.25. The lowest BCUT2D eigenvalue weighted by Gasteiger charge is -2.35. The Labute approximate surface area is 130 Å². The molecule has 2 amide bonds. The first kappa shape index (κ1) is 16.4. The highest BCUT2D eigenvalue weighted by molar-refractivity contribution is 5.76. The number of carbonyl (C=O) groups excluding carboxylic acids is 2. The molecule has 0 spiro atoms. The third-order valence-electron chi connectivity index (χ3n) is 4.22. The molecule has 6 nitrogen and oxygen atoms in total. The van der Waals surface area contributed by atoms with Crippen LogP contribution >= 0.6 is 0 Å². The Morgan fingerprint density at radius 3 is 2.73 bits per heavy atom. The SMILES string of the molecule is COC(=O)[C@@H]1CCN(C(=O)N[C@@H](C)c2ccc(C)o2)C[C@@H]1C. The monoisotopic (exact) mass is 308 g/mol. The molecule has 6 heteroatoms. The van der Waals surface area contributed by atoms with Gasteiger partial charge < -0.3 is 19.4 Å². The number of carbonyl (C=O) groups is 2. The average Bonchev–Trinajstić information content (AvgIpc) is 2.93. The normalized spacial score (nSPS) is 23.0. The molecule has 0 unspecified atom stereocenters. The van der Waals surface area contributed by atoms with E-state index in [0.717, 1.165) is 11.5 Å². The molecule has 0 radical (unpaired) electrons. The molecule has 2 rings (SSSR count). The molecular formula is C16H24N2O4. The second-order valence-electron chi connectivity index (χ2n) is 5.96. The topological polar surface area (TPSA) is 71.8 Å². The summed E-state index contributed by atoms with van der Waals surface area (Å²) in [6, 6.07) is 3.43. The molecule has 1 N–H and O–H groups in total. The van der Waals surface area contributed by atoms with Crippen LogP contribution in [0.4, 0.5) is 4.79 Å². The van der Waals surface area contributed by atoms with Crippen molar-refractivity contribution in [2.24, 2.45) is 11.8 Å². The molecule has 1 aliphatic heterocycles. The van der Waals surface area contributed by atoms with E-state index in [1.807, 2.05) is 32.9 Å². The zero-order valence-corrected chi connectivity index (χ0v) is 13.6. The van der Waals surface area contributed by atoms with Crippen LogP contribution in [-0.4, -0.2) is 37.1 Å². The fourth-order valence-electron chi connectivity index (χ4n) is 2.87. The Bertz CT molecular complexity index is 540. The van der Waals surface area contributed by atoms with Crippen LogP contribution in [0.2, 0.25) is 0 Å². The number of nitrogens with zero attached hydrogens (tertiary/aromatic N) is 1. The quantitative estimate of drug-likeness (QED) is 0.871. The number of piperidine rings is 1. The standard InChI is InChI=1S/C16H24N2O4/c1-10-9-18(8-7-13(10)15(19)21-4)16(20)17-12(3)14-6-5-11(2)22-14/h5-6,10,12-13H,7-9H2,1-4H3,(H,17,20)/t10-,12-,13+/m0/s1. The number of esters is 1. The lowest BCUT2D eigenvalue weighted by molar-refractivity contribution is -0.148. The number of aryl methyl sites for hydroxylation is 1. The summed E-state index contributed by atoms with van der Waals surface area (Å²) in [6.07, 6.45) is 0.634. The first-order valence-electron chi connectivity index (χ1n) is 7.62. The van der Waals surface area contributed by atoms with Crippen LogP contribution in [-0.2, 0) is 9.53 Å². The van der Waals surface area contributed by atoms with Crippen molar-refractivity contribution in [3.8, 4) is 0 Å². The van der Waals surface area contributed by atoms with Crippen molar-refractivity contribution in [2.45, 2.75) is 33.2 Å². The summed E-state index contributed by atoms with van der Waals surface area (Å²) in [7, 11) is 1.40. The number of furan rings is 1. The number of nitrogens with one attached hydrogen (secondary N) is 1. The first-order valence-corrected chi connectivity index (χ1v) is 7.62. The van der Waals surface area contributed by atoms with E-state index >= 15 is 0 Å². The summed E-state index contributed by atoms with van der Waals surface area (Å²) >= 11 is 0. The van der Waals surface area contributed by atoms with Gasteiger partial charge in [0, 0.05) is 13.1 Å². The Morgan fingerprint density at radius 2 is 2.18 bits per heavy atom. The van der Waals surface area contributed by atoms with Crippen LogP contribution in [0.25, 0.3) is 0 Å². The van der Waals surface area contributed by atoms with Gasteiger partial charge in [0.2, 0.25) is 0 Å². The van der Waals surface area contributed by atoms with Crippen LogP contribution < -0.4 is 5.32 Å². The Morgan fingerprint density at radius 1 is 1.45 bits per heavy atom. The van der Waals surface area contributed by atoms with Gasteiger partial charge in [0.05, 0.1) is 19.1 Å². The molecule has 0 bridgehead atoms. The maximum absolute atomic E-state index is 12.3. The van der Waals surface area contributed by atoms with Gasteiger partial charge in [-0.25, -0.2) is 4.79 Å². The summed E-state index contributed by atoms with van der Waals surface area (Å²) in [6.45, 7) is 6.84. The van der Waals surface area contributed by atoms with Crippen LogP contribution in [0.3, 0.4) is 0 Å². The highest BCUT2D eigenvalue weighted by atomic mass is 16.5. The first-order chi connectivity index (χ1) is 10.4. The second kappa shape index (κ2) is 6.85. The van der Waals surface area contributed by atoms with Crippen molar-refractivity contribution < 1.29 is 18.7 Å². The lowest BCUT2D eigenvalue weighted by Crippen LogP contribution is -2.49. The minimum atomic E-state index is -0.188. The molecule has 1 fully saturated rings. The van der Waals surface area contributed by atoms with Crippen LogP contribution in [0.5, 0.6) is 0 Å². The van der Waals surface area contributed by atoms with Crippen LogP contribution in [0, 0.1) is 18.8 Å². The van der Waals surface area contributed by atoms with Gasteiger partial charge in [-0.2, -0.15) is 0 Å². The van der Waals surface area contributed by atoms with Crippen molar-refractivity contribution in [3.05, 3.63) is 23.7 Å². The predicted molar refractivity (Wildman–Crippen MR) is 81.3 cm³/mol. The number of hydrogen-bond acceptors (Lipinski definition) is 4. The summed E-state index contributed by atoms with van der Waals surface area (Å²) < 4.78 is 10.3. The molecule has 3 atom stereocenters. The number of likely N-dealkylation sites (tertiary alicyclic amines) is 1. The molecule has 22 heavy (non-hydrogen) atoms. The predicted octanol–water partition coefficient (Wildman–Crippen LogP) is 2.49. The van der Waals surface area contributed by atoms with Gasteiger partial charge in [0.25, 0.3) is 0 Å². The van der Waals surface area contributed by atoms with Crippen molar-refractivity contribution >= 4 is 12.0 Å².